The first kappa shape index (κ1) is 16.0. The fourth-order valence-electron chi connectivity index (χ4n) is 3.03. The van der Waals surface area contributed by atoms with Crippen molar-refractivity contribution in [2.24, 2.45) is 5.92 Å². The van der Waals surface area contributed by atoms with Gasteiger partial charge in [-0.15, -0.1) is 0 Å². The fraction of sp³-hybridized carbons (Fsp3) is 0.611. The van der Waals surface area contributed by atoms with Crippen LogP contribution < -0.4 is 5.32 Å². The molecule has 2 atom stereocenters. The lowest BCUT2D eigenvalue weighted by Gasteiger charge is -2.26. The molecular weight excluding hydrogens is 260 g/mol. The summed E-state index contributed by atoms with van der Waals surface area (Å²) in [4.78, 5) is 13.9. The van der Waals surface area contributed by atoms with Crippen LogP contribution in [0.1, 0.15) is 51.1 Å². The van der Waals surface area contributed by atoms with E-state index in [4.69, 9.17) is 0 Å². The van der Waals surface area contributed by atoms with Crippen LogP contribution in [0.25, 0.3) is 0 Å². The zero-order chi connectivity index (χ0) is 15.1. The first-order valence-electron chi connectivity index (χ1n) is 8.26. The molecule has 3 heteroatoms. The molecular formula is C18H28N2O. The Kier molecular flexibility index (Phi) is 6.24. The maximum Gasteiger partial charge on any atom is 0.222 e. The first-order valence-corrected chi connectivity index (χ1v) is 8.26. The van der Waals surface area contributed by atoms with Crippen LogP contribution in [0.3, 0.4) is 0 Å². The third kappa shape index (κ3) is 4.85. The molecule has 0 aromatic heterocycles. The molecule has 3 nitrogen and oxygen atoms in total. The van der Waals surface area contributed by atoms with E-state index in [-0.39, 0.29) is 6.04 Å². The van der Waals surface area contributed by atoms with Gasteiger partial charge >= 0.3 is 0 Å². The number of carbonyl (C=O) groups is 1. The van der Waals surface area contributed by atoms with Gasteiger partial charge in [0, 0.05) is 25.6 Å². The lowest BCUT2D eigenvalue weighted by Crippen LogP contribution is -2.37. The van der Waals surface area contributed by atoms with Crippen molar-refractivity contribution in [1.29, 1.82) is 0 Å². The third-order valence-electron chi connectivity index (χ3n) is 4.27. The summed E-state index contributed by atoms with van der Waals surface area (Å²) in [6, 6.07) is 10.7. The van der Waals surface area contributed by atoms with E-state index in [9.17, 15) is 4.79 Å². The van der Waals surface area contributed by atoms with Gasteiger partial charge in [-0.05, 0) is 30.9 Å². The van der Waals surface area contributed by atoms with Crippen LogP contribution in [0.15, 0.2) is 30.3 Å². The second-order valence-electron chi connectivity index (χ2n) is 6.21. The summed E-state index contributed by atoms with van der Waals surface area (Å²) < 4.78 is 0. The molecule has 1 N–H and O–H groups in total. The number of benzene rings is 1. The van der Waals surface area contributed by atoms with Gasteiger partial charge in [0.05, 0.1) is 0 Å². The van der Waals surface area contributed by atoms with Crippen molar-refractivity contribution >= 4 is 5.91 Å². The second kappa shape index (κ2) is 8.18. The number of hydrogen-bond acceptors (Lipinski definition) is 2. The average Bonchev–Trinajstić information content (AvgIpc) is 2.90. The molecule has 1 heterocycles. The molecule has 0 unspecified atom stereocenters. The topological polar surface area (TPSA) is 32.3 Å². The van der Waals surface area contributed by atoms with Crippen LogP contribution >= 0.6 is 0 Å². The Balaban J connectivity index is 1.98. The highest BCUT2D eigenvalue weighted by atomic mass is 16.2. The molecule has 21 heavy (non-hydrogen) atoms. The molecule has 1 aliphatic heterocycles. The molecule has 0 spiro atoms. The predicted molar refractivity (Wildman–Crippen MR) is 87.1 cm³/mol. The molecule has 1 aliphatic rings. The number of carbonyl (C=O) groups excluding carboxylic acids is 1. The molecule has 1 aromatic carbocycles. The van der Waals surface area contributed by atoms with Crippen molar-refractivity contribution in [2.75, 3.05) is 19.6 Å². The van der Waals surface area contributed by atoms with Gasteiger partial charge in [-0.2, -0.15) is 0 Å². The van der Waals surface area contributed by atoms with Crippen molar-refractivity contribution in [3.05, 3.63) is 35.9 Å². The van der Waals surface area contributed by atoms with Crippen LogP contribution in [0, 0.1) is 5.92 Å². The van der Waals surface area contributed by atoms with Gasteiger partial charge in [-0.1, -0.05) is 50.6 Å². The lowest BCUT2D eigenvalue weighted by atomic mass is 10.0. The van der Waals surface area contributed by atoms with Crippen molar-refractivity contribution in [1.82, 2.24) is 10.2 Å². The van der Waals surface area contributed by atoms with Crippen molar-refractivity contribution in [3.63, 3.8) is 0 Å². The summed E-state index contributed by atoms with van der Waals surface area (Å²) in [7, 11) is 0. The van der Waals surface area contributed by atoms with E-state index in [0.717, 1.165) is 26.1 Å². The minimum absolute atomic E-state index is 0.243. The summed E-state index contributed by atoms with van der Waals surface area (Å²) in [6.45, 7) is 7.24. The fourth-order valence-corrected chi connectivity index (χ4v) is 3.03. The Hall–Kier alpha value is -1.35. The predicted octanol–water partition coefficient (Wildman–Crippen LogP) is 3.38. The molecule has 1 amide bonds. The van der Waals surface area contributed by atoms with Gasteiger partial charge < -0.3 is 10.2 Å². The molecule has 1 saturated heterocycles. The standard InChI is InChI=1S/C18H28N2O/c1-3-8-15(2)13-19-17(16-9-5-4-6-10-16)14-20-12-7-11-18(20)21/h4-6,9-10,15,17,19H,3,7-8,11-14H2,1-2H3/t15-,17-/m0/s1. The van der Waals surface area contributed by atoms with Gasteiger partial charge in [0.1, 0.15) is 0 Å². The molecule has 0 saturated carbocycles. The Bertz CT molecular complexity index is 432. The minimum Gasteiger partial charge on any atom is -0.341 e. The number of rotatable bonds is 8. The van der Waals surface area contributed by atoms with Crippen LogP contribution in [0.2, 0.25) is 0 Å². The maximum absolute atomic E-state index is 11.9. The van der Waals surface area contributed by atoms with Gasteiger partial charge in [-0.3, -0.25) is 4.79 Å². The van der Waals surface area contributed by atoms with Crippen LogP contribution in [-0.4, -0.2) is 30.4 Å². The van der Waals surface area contributed by atoms with E-state index < -0.39 is 0 Å². The quantitative estimate of drug-likeness (QED) is 0.795. The monoisotopic (exact) mass is 288 g/mol. The van der Waals surface area contributed by atoms with Crippen molar-refractivity contribution in [3.8, 4) is 0 Å². The van der Waals surface area contributed by atoms with Gasteiger partial charge in [0.15, 0.2) is 0 Å². The summed E-state index contributed by atoms with van der Waals surface area (Å²) in [5, 5.41) is 3.67. The van der Waals surface area contributed by atoms with E-state index in [1.807, 2.05) is 11.0 Å². The summed E-state index contributed by atoms with van der Waals surface area (Å²) in [5.74, 6) is 0.981. The second-order valence-corrected chi connectivity index (χ2v) is 6.21. The Labute approximate surface area is 128 Å². The highest BCUT2D eigenvalue weighted by molar-refractivity contribution is 5.78. The normalized spacial score (nSPS) is 18.0. The molecule has 0 aliphatic carbocycles. The number of nitrogens with one attached hydrogen (secondary N) is 1. The van der Waals surface area contributed by atoms with E-state index in [1.165, 1.54) is 18.4 Å². The minimum atomic E-state index is 0.243. The van der Waals surface area contributed by atoms with Crippen LogP contribution in [0.4, 0.5) is 0 Å². The molecule has 1 aromatic rings. The SMILES string of the molecule is CCC[C@H](C)CN[C@@H](CN1CCCC1=O)c1ccccc1. The number of nitrogens with zero attached hydrogens (tertiary/aromatic N) is 1. The van der Waals surface area contributed by atoms with Gasteiger partial charge in [-0.25, -0.2) is 0 Å². The molecule has 1 fully saturated rings. The number of amides is 1. The maximum atomic E-state index is 11.9. The van der Waals surface area contributed by atoms with Crippen LogP contribution in [-0.2, 0) is 4.79 Å². The summed E-state index contributed by atoms with van der Waals surface area (Å²) in [6.07, 6.45) is 4.20. The smallest absolute Gasteiger partial charge is 0.222 e. The number of hydrogen-bond donors (Lipinski definition) is 1. The summed E-state index contributed by atoms with van der Waals surface area (Å²) in [5.41, 5.74) is 1.28. The average molecular weight is 288 g/mol. The highest BCUT2D eigenvalue weighted by Crippen LogP contribution is 2.19. The van der Waals surface area contributed by atoms with E-state index in [2.05, 4.69) is 43.4 Å². The van der Waals surface area contributed by atoms with E-state index >= 15 is 0 Å². The van der Waals surface area contributed by atoms with Gasteiger partial charge in [0.2, 0.25) is 5.91 Å². The van der Waals surface area contributed by atoms with Crippen LogP contribution in [0.5, 0.6) is 0 Å². The Morgan fingerprint density at radius 2 is 2.05 bits per heavy atom. The third-order valence-corrected chi connectivity index (χ3v) is 4.27. The Morgan fingerprint density at radius 1 is 1.29 bits per heavy atom. The Morgan fingerprint density at radius 3 is 2.67 bits per heavy atom. The summed E-state index contributed by atoms with van der Waals surface area (Å²) >= 11 is 0. The van der Waals surface area contributed by atoms with Crippen molar-refractivity contribution in [2.45, 2.75) is 45.6 Å². The molecule has 0 radical (unpaired) electrons. The highest BCUT2D eigenvalue weighted by Gasteiger charge is 2.24. The largest absolute Gasteiger partial charge is 0.341 e. The number of likely N-dealkylation sites (tertiary alicyclic amines) is 1. The van der Waals surface area contributed by atoms with E-state index in [1.54, 1.807) is 0 Å². The molecule has 116 valence electrons. The lowest BCUT2D eigenvalue weighted by molar-refractivity contribution is -0.128. The van der Waals surface area contributed by atoms with Crippen molar-refractivity contribution < 1.29 is 4.79 Å². The van der Waals surface area contributed by atoms with Gasteiger partial charge in [0.25, 0.3) is 0 Å². The first-order chi connectivity index (χ1) is 10.2. The zero-order valence-corrected chi connectivity index (χ0v) is 13.3. The zero-order valence-electron chi connectivity index (χ0n) is 13.3. The molecule has 0 bridgehead atoms. The van der Waals surface area contributed by atoms with E-state index in [0.29, 0.717) is 18.2 Å². The molecule has 2 rings (SSSR count).